The largest absolute Gasteiger partial charge is 0.423 e. The van der Waals surface area contributed by atoms with E-state index < -0.39 is 5.60 Å². The number of rotatable bonds is 0. The minimum Gasteiger partial charge on any atom is -0.423 e. The molecule has 0 aromatic rings. The fourth-order valence-corrected chi connectivity index (χ4v) is 3.65. The molecule has 2 aliphatic heterocycles. The number of aliphatic hydroxyl groups is 1. The molecule has 4 nitrogen and oxygen atoms in total. The van der Waals surface area contributed by atoms with E-state index in [1.54, 1.807) is 19.9 Å². The lowest BCUT2D eigenvalue weighted by Crippen LogP contribution is -2.21. The fourth-order valence-electron chi connectivity index (χ4n) is 3.65. The summed E-state index contributed by atoms with van der Waals surface area (Å²) in [5.41, 5.74) is 1.82. The molecule has 132 valence electrons. The molecular weight excluding hydrogens is 304 g/mol. The van der Waals surface area contributed by atoms with Crippen molar-refractivity contribution in [1.29, 1.82) is 0 Å². The van der Waals surface area contributed by atoms with Gasteiger partial charge in [-0.05, 0) is 72.3 Å². The number of hydrogen-bond acceptors (Lipinski definition) is 4. The monoisotopic (exact) mass is 332 g/mol. The lowest BCUT2D eigenvalue weighted by atomic mass is 9.90. The molecule has 0 saturated carbocycles. The number of fused-ring (bicyclic) bond motifs is 2. The van der Waals surface area contributed by atoms with Gasteiger partial charge in [0.25, 0.3) is 0 Å². The number of esters is 1. The second kappa shape index (κ2) is 6.16. The lowest BCUT2D eigenvalue weighted by Gasteiger charge is -2.20. The van der Waals surface area contributed by atoms with Gasteiger partial charge in [-0.3, -0.25) is 0 Å². The van der Waals surface area contributed by atoms with E-state index >= 15 is 0 Å². The molecule has 0 unspecified atom stereocenters. The second-order valence-corrected chi connectivity index (χ2v) is 7.91. The van der Waals surface area contributed by atoms with E-state index in [0.29, 0.717) is 23.9 Å². The summed E-state index contributed by atoms with van der Waals surface area (Å²) in [6.45, 7) is 7.86. The maximum atomic E-state index is 12.0. The van der Waals surface area contributed by atoms with Gasteiger partial charge in [0.2, 0.25) is 0 Å². The van der Waals surface area contributed by atoms with Crippen LogP contribution in [0.15, 0.2) is 34.6 Å². The summed E-state index contributed by atoms with van der Waals surface area (Å²) in [5, 5.41) is 10.7. The summed E-state index contributed by atoms with van der Waals surface area (Å²) in [4.78, 5) is 12.0. The van der Waals surface area contributed by atoms with Crippen molar-refractivity contribution in [3.05, 3.63) is 34.6 Å². The van der Waals surface area contributed by atoms with E-state index in [4.69, 9.17) is 9.47 Å². The first-order valence-corrected chi connectivity index (χ1v) is 8.91. The standard InChI is InChI=1S/C20H28O4/c1-13-6-5-10-19(3,22)12-16-15(14(2)18(21)23-16)9-11-20(4)17(24-20)8-7-13/h6,12,17,22H,5,7-11H2,1-4H3/b13-6+,16-12-/t17-,19+,20-/m1/s1. The Balaban J connectivity index is 1.88. The summed E-state index contributed by atoms with van der Waals surface area (Å²) < 4.78 is 11.3. The Bertz CT molecular complexity index is 638. The van der Waals surface area contributed by atoms with Gasteiger partial charge in [-0.1, -0.05) is 11.6 Å². The van der Waals surface area contributed by atoms with Crippen LogP contribution in [0.2, 0.25) is 0 Å². The van der Waals surface area contributed by atoms with E-state index in [0.717, 1.165) is 37.7 Å². The van der Waals surface area contributed by atoms with Gasteiger partial charge in [-0.15, -0.1) is 0 Å². The molecule has 0 aromatic carbocycles. The molecule has 2 heterocycles. The Labute approximate surface area is 144 Å². The van der Waals surface area contributed by atoms with Crippen molar-refractivity contribution in [2.75, 3.05) is 0 Å². The van der Waals surface area contributed by atoms with Crippen molar-refractivity contribution in [2.45, 2.75) is 83.5 Å². The van der Waals surface area contributed by atoms with Gasteiger partial charge in [-0.25, -0.2) is 4.79 Å². The van der Waals surface area contributed by atoms with Crippen molar-refractivity contribution in [1.82, 2.24) is 0 Å². The van der Waals surface area contributed by atoms with Crippen LogP contribution in [0, 0.1) is 0 Å². The maximum absolute atomic E-state index is 12.0. The smallest absolute Gasteiger partial charge is 0.339 e. The number of ether oxygens (including phenoxy) is 2. The third-order valence-corrected chi connectivity index (χ3v) is 5.55. The normalized spacial score (nSPS) is 42.0. The number of allylic oxidation sites excluding steroid dienone is 3. The highest BCUT2D eigenvalue weighted by molar-refractivity contribution is 5.93. The Kier molecular flexibility index (Phi) is 4.47. The molecule has 1 saturated heterocycles. The minimum absolute atomic E-state index is 0.100. The molecule has 0 bridgehead atoms. The van der Waals surface area contributed by atoms with Crippen LogP contribution < -0.4 is 0 Å². The van der Waals surface area contributed by atoms with Crippen LogP contribution in [-0.4, -0.2) is 28.4 Å². The summed E-state index contributed by atoms with van der Waals surface area (Å²) in [5.74, 6) is 0.228. The van der Waals surface area contributed by atoms with E-state index in [-0.39, 0.29) is 11.6 Å². The molecule has 1 fully saturated rings. The van der Waals surface area contributed by atoms with Crippen molar-refractivity contribution in [3.8, 4) is 0 Å². The van der Waals surface area contributed by atoms with Crippen LogP contribution in [0.25, 0.3) is 0 Å². The number of carbonyl (C=O) groups excluding carboxylic acids is 1. The molecule has 0 radical (unpaired) electrons. The van der Waals surface area contributed by atoms with Gasteiger partial charge < -0.3 is 14.6 Å². The first kappa shape index (κ1) is 17.4. The molecule has 1 N–H and O–H groups in total. The maximum Gasteiger partial charge on any atom is 0.339 e. The third-order valence-electron chi connectivity index (χ3n) is 5.55. The average Bonchev–Trinajstić information content (AvgIpc) is 3.06. The average molecular weight is 332 g/mol. The predicted molar refractivity (Wildman–Crippen MR) is 92.2 cm³/mol. The molecule has 0 aromatic heterocycles. The molecular formula is C20H28O4. The Morgan fingerprint density at radius 2 is 1.96 bits per heavy atom. The predicted octanol–water partition coefficient (Wildman–Crippen LogP) is 3.95. The van der Waals surface area contributed by atoms with Crippen molar-refractivity contribution in [3.63, 3.8) is 0 Å². The zero-order valence-corrected chi connectivity index (χ0v) is 15.1. The molecule has 3 rings (SSSR count). The zero-order valence-electron chi connectivity index (χ0n) is 15.1. The van der Waals surface area contributed by atoms with Crippen molar-refractivity contribution >= 4 is 5.97 Å². The number of epoxide rings is 1. The fraction of sp³-hybridized carbons (Fsp3) is 0.650. The molecule has 4 heteroatoms. The van der Waals surface area contributed by atoms with Crippen LogP contribution in [-0.2, 0) is 14.3 Å². The second-order valence-electron chi connectivity index (χ2n) is 7.91. The van der Waals surface area contributed by atoms with E-state index in [9.17, 15) is 9.90 Å². The van der Waals surface area contributed by atoms with Crippen LogP contribution in [0.1, 0.15) is 66.2 Å². The number of carbonyl (C=O) groups is 1. The molecule has 3 aliphatic rings. The molecule has 24 heavy (non-hydrogen) atoms. The van der Waals surface area contributed by atoms with E-state index in [2.05, 4.69) is 19.9 Å². The van der Waals surface area contributed by atoms with Gasteiger partial charge >= 0.3 is 5.97 Å². The quantitative estimate of drug-likeness (QED) is 0.414. The number of hydrogen-bond donors (Lipinski definition) is 1. The SMILES string of the molecule is CC1=C2CC[C@@]3(C)O[C@@H]3CC/C(C)=C/CC[C@](C)(O)/C=C/2OC1=O. The Morgan fingerprint density at radius 3 is 2.71 bits per heavy atom. The minimum atomic E-state index is -0.991. The summed E-state index contributed by atoms with van der Waals surface area (Å²) >= 11 is 0. The van der Waals surface area contributed by atoms with Gasteiger partial charge in [0.05, 0.1) is 17.3 Å². The van der Waals surface area contributed by atoms with Gasteiger partial charge in [-0.2, -0.15) is 0 Å². The topological polar surface area (TPSA) is 59.1 Å². The van der Waals surface area contributed by atoms with Gasteiger partial charge in [0.1, 0.15) is 5.76 Å². The van der Waals surface area contributed by atoms with Crippen molar-refractivity contribution in [2.24, 2.45) is 0 Å². The van der Waals surface area contributed by atoms with Crippen LogP contribution in [0.5, 0.6) is 0 Å². The highest BCUT2D eigenvalue weighted by atomic mass is 16.6. The zero-order chi connectivity index (χ0) is 17.5. The Hall–Kier alpha value is -1.39. The van der Waals surface area contributed by atoms with Gasteiger partial charge in [0.15, 0.2) is 0 Å². The van der Waals surface area contributed by atoms with Gasteiger partial charge in [0, 0.05) is 11.1 Å². The summed E-state index contributed by atoms with van der Waals surface area (Å²) in [7, 11) is 0. The summed E-state index contributed by atoms with van der Waals surface area (Å²) in [6, 6.07) is 0. The summed E-state index contributed by atoms with van der Waals surface area (Å²) in [6.07, 6.45) is 9.29. The van der Waals surface area contributed by atoms with Crippen LogP contribution in [0.4, 0.5) is 0 Å². The highest BCUT2D eigenvalue weighted by Crippen LogP contribution is 2.45. The highest BCUT2D eigenvalue weighted by Gasteiger charge is 2.51. The first-order valence-electron chi connectivity index (χ1n) is 8.91. The van der Waals surface area contributed by atoms with E-state index in [1.165, 1.54) is 5.57 Å². The van der Waals surface area contributed by atoms with Crippen LogP contribution >= 0.6 is 0 Å². The first-order chi connectivity index (χ1) is 11.2. The van der Waals surface area contributed by atoms with E-state index in [1.807, 2.05) is 0 Å². The van der Waals surface area contributed by atoms with Crippen molar-refractivity contribution < 1.29 is 19.4 Å². The van der Waals surface area contributed by atoms with Crippen LogP contribution in [0.3, 0.4) is 0 Å². The third kappa shape index (κ3) is 3.65. The molecule has 3 atom stereocenters. The lowest BCUT2D eigenvalue weighted by molar-refractivity contribution is -0.133. The molecule has 0 spiro atoms. The molecule has 1 aliphatic carbocycles. The Morgan fingerprint density at radius 1 is 1.21 bits per heavy atom. The molecule has 0 amide bonds.